The second-order valence-corrected chi connectivity index (χ2v) is 6.81. The summed E-state index contributed by atoms with van der Waals surface area (Å²) >= 11 is 6.08. The second-order valence-electron chi connectivity index (χ2n) is 6.37. The molecule has 0 radical (unpaired) electrons. The molecule has 1 N–H and O–H groups in total. The third kappa shape index (κ3) is 3.14. The third-order valence-electron chi connectivity index (χ3n) is 4.96. The van der Waals surface area contributed by atoms with Gasteiger partial charge in [-0.25, -0.2) is 0 Å². The smallest absolute Gasteiger partial charge is 0.0408 e. The summed E-state index contributed by atoms with van der Waals surface area (Å²) in [7, 11) is 0. The first kappa shape index (κ1) is 13.5. The van der Waals surface area contributed by atoms with Crippen LogP contribution in [0.25, 0.3) is 0 Å². The molecule has 0 aliphatic heterocycles. The number of nitrogens with one attached hydrogen (secondary N) is 1. The van der Waals surface area contributed by atoms with Gasteiger partial charge in [-0.1, -0.05) is 36.9 Å². The molecule has 0 bridgehead atoms. The Bertz CT molecular complexity index is 437. The Morgan fingerprint density at radius 3 is 2.63 bits per heavy atom. The Balaban J connectivity index is 1.57. The van der Waals surface area contributed by atoms with E-state index in [0.29, 0.717) is 12.1 Å². The first-order valence-electron chi connectivity index (χ1n) is 7.76. The van der Waals surface area contributed by atoms with Crippen molar-refractivity contribution in [2.24, 2.45) is 5.92 Å². The monoisotopic (exact) mass is 277 g/mol. The van der Waals surface area contributed by atoms with Crippen molar-refractivity contribution in [1.82, 2.24) is 5.32 Å². The lowest BCUT2D eigenvalue weighted by Gasteiger charge is -2.30. The summed E-state index contributed by atoms with van der Waals surface area (Å²) in [6, 6.07) is 7.64. The molecule has 0 spiro atoms. The minimum Gasteiger partial charge on any atom is -0.311 e. The van der Waals surface area contributed by atoms with Crippen molar-refractivity contribution in [3.63, 3.8) is 0 Å². The average molecular weight is 278 g/mol. The minimum absolute atomic E-state index is 0.616. The van der Waals surface area contributed by atoms with Gasteiger partial charge in [-0.3, -0.25) is 0 Å². The zero-order chi connectivity index (χ0) is 13.2. The zero-order valence-electron chi connectivity index (χ0n) is 11.8. The summed E-state index contributed by atoms with van der Waals surface area (Å²) in [6.45, 7) is 2.38. The van der Waals surface area contributed by atoms with Crippen LogP contribution in [0.4, 0.5) is 0 Å². The van der Waals surface area contributed by atoms with Gasteiger partial charge in [0, 0.05) is 17.1 Å². The summed E-state index contributed by atoms with van der Waals surface area (Å²) in [6.07, 6.45) is 9.45. The van der Waals surface area contributed by atoms with Crippen LogP contribution in [0.15, 0.2) is 18.2 Å². The molecule has 2 atom stereocenters. The van der Waals surface area contributed by atoms with Gasteiger partial charge in [0.25, 0.3) is 0 Å². The van der Waals surface area contributed by atoms with E-state index in [-0.39, 0.29) is 0 Å². The molecular formula is C17H24ClN. The van der Waals surface area contributed by atoms with Crippen LogP contribution in [-0.2, 0) is 12.8 Å². The van der Waals surface area contributed by atoms with Gasteiger partial charge in [0.05, 0.1) is 0 Å². The molecule has 19 heavy (non-hydrogen) atoms. The number of fused-ring (bicyclic) bond motifs is 1. The Morgan fingerprint density at radius 2 is 1.84 bits per heavy atom. The largest absolute Gasteiger partial charge is 0.311 e. The van der Waals surface area contributed by atoms with Crippen LogP contribution in [0, 0.1) is 5.92 Å². The maximum atomic E-state index is 6.08. The Hall–Kier alpha value is -0.530. The molecule has 3 rings (SSSR count). The van der Waals surface area contributed by atoms with Crippen LogP contribution < -0.4 is 5.32 Å². The molecule has 1 fully saturated rings. The van der Waals surface area contributed by atoms with Gasteiger partial charge >= 0.3 is 0 Å². The number of halogens is 1. The normalized spacial score (nSPS) is 25.3. The van der Waals surface area contributed by atoms with Gasteiger partial charge in [0.15, 0.2) is 0 Å². The fraction of sp³-hybridized carbons (Fsp3) is 0.647. The summed E-state index contributed by atoms with van der Waals surface area (Å²) in [5, 5.41) is 4.75. The third-order valence-corrected chi connectivity index (χ3v) is 5.19. The number of benzene rings is 1. The molecule has 0 aromatic heterocycles. The first-order chi connectivity index (χ1) is 9.22. The van der Waals surface area contributed by atoms with E-state index in [1.807, 2.05) is 6.07 Å². The summed E-state index contributed by atoms with van der Waals surface area (Å²) in [5.74, 6) is 0.890. The lowest BCUT2D eigenvalue weighted by molar-refractivity contribution is 0.265. The van der Waals surface area contributed by atoms with Gasteiger partial charge in [0.2, 0.25) is 0 Å². The van der Waals surface area contributed by atoms with Crippen LogP contribution in [0.1, 0.15) is 50.2 Å². The van der Waals surface area contributed by atoms with Crippen LogP contribution in [0.2, 0.25) is 5.02 Å². The number of rotatable bonds is 3. The van der Waals surface area contributed by atoms with Gasteiger partial charge in [0.1, 0.15) is 0 Å². The Morgan fingerprint density at radius 1 is 1.11 bits per heavy atom. The summed E-state index contributed by atoms with van der Waals surface area (Å²) in [5.41, 5.74) is 2.93. The SMILES string of the molecule is C[C@@H](NC1Cc2ccc(Cl)cc2C1)C1CCCCC1. The quantitative estimate of drug-likeness (QED) is 0.865. The van der Waals surface area contributed by atoms with Crippen molar-refractivity contribution in [2.45, 2.75) is 64.0 Å². The highest BCUT2D eigenvalue weighted by molar-refractivity contribution is 6.30. The first-order valence-corrected chi connectivity index (χ1v) is 8.13. The highest BCUT2D eigenvalue weighted by Crippen LogP contribution is 2.29. The van der Waals surface area contributed by atoms with Gasteiger partial charge < -0.3 is 5.32 Å². The second kappa shape index (κ2) is 5.85. The minimum atomic E-state index is 0.616. The predicted octanol–water partition coefficient (Wildman–Crippen LogP) is 4.37. The van der Waals surface area contributed by atoms with Crippen molar-refractivity contribution < 1.29 is 0 Å². The van der Waals surface area contributed by atoms with Gasteiger partial charge in [-0.2, -0.15) is 0 Å². The van der Waals surface area contributed by atoms with Crippen molar-refractivity contribution >= 4 is 11.6 Å². The van der Waals surface area contributed by atoms with E-state index in [0.717, 1.165) is 17.4 Å². The van der Waals surface area contributed by atoms with Crippen LogP contribution in [0.3, 0.4) is 0 Å². The van der Waals surface area contributed by atoms with E-state index in [2.05, 4.69) is 24.4 Å². The van der Waals surface area contributed by atoms with Crippen molar-refractivity contribution in [3.05, 3.63) is 34.3 Å². The van der Waals surface area contributed by atoms with Crippen LogP contribution >= 0.6 is 11.6 Å². The van der Waals surface area contributed by atoms with Crippen molar-refractivity contribution in [3.8, 4) is 0 Å². The standard InChI is InChI=1S/C17H24ClN/c1-12(13-5-3-2-4-6-13)19-17-10-14-7-8-16(18)9-15(14)11-17/h7-9,12-13,17,19H,2-6,10-11H2,1H3/t12-,17?/m1/s1. The molecule has 1 unspecified atom stereocenters. The highest BCUT2D eigenvalue weighted by Gasteiger charge is 2.26. The topological polar surface area (TPSA) is 12.0 Å². The van der Waals surface area contributed by atoms with Crippen LogP contribution in [0.5, 0.6) is 0 Å². The lowest BCUT2D eigenvalue weighted by atomic mass is 9.84. The fourth-order valence-corrected chi connectivity index (χ4v) is 4.04. The average Bonchev–Trinajstić information content (AvgIpc) is 2.81. The molecule has 0 amide bonds. The lowest BCUT2D eigenvalue weighted by Crippen LogP contribution is -2.42. The maximum absolute atomic E-state index is 6.08. The van der Waals surface area contributed by atoms with E-state index in [9.17, 15) is 0 Å². The molecule has 1 aromatic carbocycles. The molecule has 2 aliphatic rings. The summed E-state index contributed by atoms with van der Waals surface area (Å²) in [4.78, 5) is 0. The molecule has 2 aliphatic carbocycles. The fourth-order valence-electron chi connectivity index (χ4n) is 3.85. The number of hydrogen-bond acceptors (Lipinski definition) is 1. The van der Waals surface area contributed by atoms with E-state index < -0.39 is 0 Å². The molecule has 104 valence electrons. The molecule has 1 saturated carbocycles. The zero-order valence-corrected chi connectivity index (χ0v) is 12.5. The van der Waals surface area contributed by atoms with Crippen LogP contribution in [-0.4, -0.2) is 12.1 Å². The molecular weight excluding hydrogens is 254 g/mol. The number of hydrogen-bond donors (Lipinski definition) is 1. The highest BCUT2D eigenvalue weighted by atomic mass is 35.5. The molecule has 0 saturated heterocycles. The van der Waals surface area contributed by atoms with Crippen molar-refractivity contribution in [2.75, 3.05) is 0 Å². The van der Waals surface area contributed by atoms with Crippen molar-refractivity contribution in [1.29, 1.82) is 0 Å². The Kier molecular flexibility index (Phi) is 4.14. The molecule has 0 heterocycles. The molecule has 1 nitrogen and oxygen atoms in total. The van der Waals surface area contributed by atoms with Gasteiger partial charge in [-0.15, -0.1) is 0 Å². The van der Waals surface area contributed by atoms with E-state index in [1.165, 1.54) is 49.7 Å². The van der Waals surface area contributed by atoms with E-state index in [4.69, 9.17) is 11.6 Å². The predicted molar refractivity (Wildman–Crippen MR) is 81.8 cm³/mol. The summed E-state index contributed by atoms with van der Waals surface area (Å²) < 4.78 is 0. The Labute approximate surface area is 121 Å². The van der Waals surface area contributed by atoms with E-state index >= 15 is 0 Å². The maximum Gasteiger partial charge on any atom is 0.0408 e. The van der Waals surface area contributed by atoms with E-state index in [1.54, 1.807) is 0 Å². The molecule has 1 aromatic rings. The molecule has 2 heteroatoms. The van der Waals surface area contributed by atoms with Gasteiger partial charge in [-0.05, 0) is 61.8 Å².